The van der Waals surface area contributed by atoms with Gasteiger partial charge in [-0.1, -0.05) is 6.58 Å². The third-order valence-electron chi connectivity index (χ3n) is 3.13. The molecule has 0 spiro atoms. The van der Waals surface area contributed by atoms with Crippen LogP contribution in [0.1, 0.15) is 12.7 Å². The number of hydrogen-bond donors (Lipinski definition) is 0. The van der Waals surface area contributed by atoms with Crippen molar-refractivity contribution in [3.8, 4) is 0 Å². The highest BCUT2D eigenvalue weighted by atomic mass is 127. The molecule has 2 rings (SSSR count). The van der Waals surface area contributed by atoms with Crippen molar-refractivity contribution < 1.29 is 18.7 Å². The van der Waals surface area contributed by atoms with Crippen LogP contribution in [0.4, 0.5) is 0 Å². The van der Waals surface area contributed by atoms with Gasteiger partial charge in [-0.15, -0.1) is 24.0 Å². The average Bonchev–Trinajstić information content (AvgIpc) is 3.10. The van der Waals surface area contributed by atoms with Gasteiger partial charge in [0.1, 0.15) is 18.5 Å². The van der Waals surface area contributed by atoms with Crippen LogP contribution in [0.15, 0.2) is 47.4 Å². The van der Waals surface area contributed by atoms with Crippen LogP contribution in [0.5, 0.6) is 0 Å². The van der Waals surface area contributed by atoms with Gasteiger partial charge in [0.15, 0.2) is 0 Å². The molecule has 2 heterocycles. The Morgan fingerprint density at radius 2 is 2.26 bits per heavy atom. The second-order valence-electron chi connectivity index (χ2n) is 5.37. The van der Waals surface area contributed by atoms with Crippen LogP contribution in [0, 0.1) is 0 Å². The van der Waals surface area contributed by atoms with Gasteiger partial charge in [0, 0.05) is 25.0 Å². The molecule has 0 bridgehead atoms. The largest absolute Gasteiger partial charge is 0.467 e. The van der Waals surface area contributed by atoms with Crippen molar-refractivity contribution in [1.82, 2.24) is 9.80 Å². The highest BCUT2D eigenvalue weighted by Crippen LogP contribution is 2.10. The zero-order chi connectivity index (χ0) is 15.9. The lowest BCUT2D eigenvalue weighted by atomic mass is 10.3. The summed E-state index contributed by atoms with van der Waals surface area (Å²) in [6, 6.07) is 3.65. The van der Waals surface area contributed by atoms with E-state index in [2.05, 4.69) is 11.5 Å². The van der Waals surface area contributed by atoms with Gasteiger partial charge in [0.25, 0.3) is 0 Å². The summed E-state index contributed by atoms with van der Waals surface area (Å²) in [5, 5.41) is 0. The minimum atomic E-state index is -0.400. The Kier molecular flexibility index (Phi) is 8.18. The molecular weight excluding hydrogens is 411 g/mol. The minimum absolute atomic E-state index is 0. The Bertz CT molecular complexity index is 530. The smallest absolute Gasteiger partial charge is 0.333 e. The number of carbonyl (C=O) groups is 1. The summed E-state index contributed by atoms with van der Waals surface area (Å²) < 4.78 is 16.2. The molecule has 0 saturated heterocycles. The van der Waals surface area contributed by atoms with Crippen molar-refractivity contribution >= 4 is 29.9 Å². The molecule has 128 valence electrons. The van der Waals surface area contributed by atoms with Gasteiger partial charge in [-0.3, -0.25) is 0 Å². The molecule has 0 N–H and O–H groups in total. The number of hydrogen-bond acceptors (Lipinski definition) is 6. The quantitative estimate of drug-likeness (QED) is 0.356. The highest BCUT2D eigenvalue weighted by Gasteiger charge is 2.20. The van der Waals surface area contributed by atoms with E-state index < -0.39 is 5.97 Å². The zero-order valence-electron chi connectivity index (χ0n) is 13.4. The van der Waals surface area contributed by atoms with Gasteiger partial charge >= 0.3 is 5.97 Å². The molecule has 1 atom stereocenters. The van der Waals surface area contributed by atoms with Crippen LogP contribution in [-0.2, 0) is 20.9 Å². The standard InChI is InChI=1S/C16H22N2O4.HI/c1-13(2)16(19)22-15(9-18-7-6-17(3)12-18)11-20-10-14-5-4-8-21-14;/h4-8,15H,1,9-12H2,2-3H3;1H. The van der Waals surface area contributed by atoms with Crippen LogP contribution in [-0.4, -0.2) is 48.7 Å². The van der Waals surface area contributed by atoms with Crippen molar-refractivity contribution in [3.63, 3.8) is 0 Å². The molecular formula is C16H23IN2O4. The van der Waals surface area contributed by atoms with Crippen LogP contribution >= 0.6 is 24.0 Å². The van der Waals surface area contributed by atoms with Crippen molar-refractivity contribution in [1.29, 1.82) is 0 Å². The fraction of sp³-hybridized carbons (Fsp3) is 0.438. The molecule has 1 unspecified atom stereocenters. The fourth-order valence-electron chi connectivity index (χ4n) is 2.03. The Labute approximate surface area is 153 Å². The lowest BCUT2D eigenvalue weighted by Crippen LogP contribution is -2.36. The van der Waals surface area contributed by atoms with E-state index in [1.54, 1.807) is 13.2 Å². The number of rotatable bonds is 8. The molecule has 0 amide bonds. The van der Waals surface area contributed by atoms with Gasteiger partial charge in [0.2, 0.25) is 0 Å². The van der Waals surface area contributed by atoms with E-state index in [0.29, 0.717) is 25.3 Å². The molecule has 0 saturated carbocycles. The number of carbonyl (C=O) groups excluding carboxylic acids is 1. The van der Waals surface area contributed by atoms with E-state index in [4.69, 9.17) is 13.9 Å². The van der Waals surface area contributed by atoms with Crippen LogP contribution < -0.4 is 0 Å². The minimum Gasteiger partial charge on any atom is -0.467 e. The molecule has 1 aromatic heterocycles. The molecule has 0 aromatic carbocycles. The molecule has 0 radical (unpaired) electrons. The predicted octanol–water partition coefficient (Wildman–Crippen LogP) is 2.58. The Balaban J connectivity index is 0.00000264. The fourth-order valence-corrected chi connectivity index (χ4v) is 2.03. The lowest BCUT2D eigenvalue weighted by molar-refractivity contribution is -0.148. The van der Waals surface area contributed by atoms with E-state index in [1.165, 1.54) is 0 Å². The first-order valence-corrected chi connectivity index (χ1v) is 7.14. The number of furan rings is 1. The van der Waals surface area contributed by atoms with Crippen molar-refractivity contribution in [2.24, 2.45) is 0 Å². The monoisotopic (exact) mass is 434 g/mol. The van der Waals surface area contributed by atoms with Crippen LogP contribution in [0.3, 0.4) is 0 Å². The molecule has 23 heavy (non-hydrogen) atoms. The molecule has 1 aliphatic heterocycles. The number of halogens is 1. The van der Waals surface area contributed by atoms with E-state index >= 15 is 0 Å². The first-order valence-electron chi connectivity index (χ1n) is 7.14. The second kappa shape index (κ2) is 9.61. The predicted molar refractivity (Wildman–Crippen MR) is 96.9 cm³/mol. The Morgan fingerprint density at radius 3 is 2.83 bits per heavy atom. The van der Waals surface area contributed by atoms with E-state index in [1.807, 2.05) is 36.5 Å². The zero-order valence-corrected chi connectivity index (χ0v) is 15.8. The van der Waals surface area contributed by atoms with Crippen LogP contribution in [0.25, 0.3) is 0 Å². The summed E-state index contributed by atoms with van der Waals surface area (Å²) in [6.07, 6.45) is 5.17. The van der Waals surface area contributed by atoms with Gasteiger partial charge in [0.05, 0.1) is 26.1 Å². The summed E-state index contributed by atoms with van der Waals surface area (Å²) in [4.78, 5) is 15.8. The summed E-state index contributed by atoms with van der Waals surface area (Å²) in [6.45, 7) is 7.22. The molecule has 1 aromatic rings. The molecule has 6 nitrogen and oxygen atoms in total. The number of esters is 1. The van der Waals surface area contributed by atoms with E-state index in [9.17, 15) is 4.79 Å². The molecule has 7 heteroatoms. The van der Waals surface area contributed by atoms with Gasteiger partial charge in [-0.05, 0) is 19.1 Å². The second-order valence-corrected chi connectivity index (χ2v) is 5.37. The molecule has 0 aliphatic carbocycles. The first kappa shape index (κ1) is 19.6. The average molecular weight is 434 g/mol. The maximum atomic E-state index is 11.7. The molecule has 0 fully saturated rings. The third kappa shape index (κ3) is 6.66. The third-order valence-corrected chi connectivity index (χ3v) is 3.13. The summed E-state index contributed by atoms with van der Waals surface area (Å²) in [5.41, 5.74) is 0.380. The summed E-state index contributed by atoms with van der Waals surface area (Å²) in [7, 11) is 1.98. The van der Waals surface area contributed by atoms with Gasteiger partial charge in [-0.2, -0.15) is 0 Å². The van der Waals surface area contributed by atoms with E-state index in [0.717, 1.165) is 12.4 Å². The summed E-state index contributed by atoms with van der Waals surface area (Å²) in [5.74, 6) is 0.342. The van der Waals surface area contributed by atoms with Crippen molar-refractivity contribution in [3.05, 3.63) is 48.7 Å². The summed E-state index contributed by atoms with van der Waals surface area (Å²) >= 11 is 0. The maximum Gasteiger partial charge on any atom is 0.333 e. The SMILES string of the molecule is C=C(C)C(=O)OC(COCc1ccco1)CN1C=CN(C)C1.I. The maximum absolute atomic E-state index is 11.7. The molecule has 1 aliphatic rings. The first-order chi connectivity index (χ1) is 10.5. The van der Waals surface area contributed by atoms with Gasteiger partial charge in [-0.25, -0.2) is 4.79 Å². The normalized spacial score (nSPS) is 14.5. The number of nitrogens with zero attached hydrogens (tertiary/aromatic N) is 2. The van der Waals surface area contributed by atoms with Crippen LogP contribution in [0.2, 0.25) is 0 Å². The van der Waals surface area contributed by atoms with Gasteiger partial charge < -0.3 is 23.7 Å². The van der Waals surface area contributed by atoms with Crippen molar-refractivity contribution in [2.75, 3.05) is 26.9 Å². The number of ether oxygens (including phenoxy) is 2. The van der Waals surface area contributed by atoms with Crippen molar-refractivity contribution in [2.45, 2.75) is 19.6 Å². The lowest BCUT2D eigenvalue weighted by Gasteiger charge is -2.24. The van der Waals surface area contributed by atoms with E-state index in [-0.39, 0.29) is 30.1 Å². The topological polar surface area (TPSA) is 55.2 Å². The Morgan fingerprint density at radius 1 is 1.48 bits per heavy atom. The Hall–Kier alpha value is -1.48. The highest BCUT2D eigenvalue weighted by molar-refractivity contribution is 14.0.